The Kier molecular flexibility index (Phi) is 6.70. The number of hydrogen-bond acceptors (Lipinski definition) is 5. The zero-order valence-electron chi connectivity index (χ0n) is 15.7. The number of carbonyl (C=O) groups is 1. The molecule has 0 fully saturated rings. The maximum Gasteiger partial charge on any atom is 0.268 e. The van der Waals surface area contributed by atoms with Crippen LogP contribution >= 0.6 is 34.5 Å². The minimum atomic E-state index is -0.551. The van der Waals surface area contributed by atoms with E-state index in [4.69, 9.17) is 23.2 Å². The molecule has 0 saturated heterocycles. The molecular formula is C20H17Cl2N5OS. The highest BCUT2D eigenvalue weighted by Crippen LogP contribution is 2.27. The number of amides is 1. The lowest BCUT2D eigenvalue weighted by molar-refractivity contribution is -0.112. The number of carbonyl (C=O) groups excluding carboxylic acids is 1. The highest BCUT2D eigenvalue weighted by molar-refractivity contribution is 7.15. The summed E-state index contributed by atoms with van der Waals surface area (Å²) in [5, 5.41) is 22.4. The largest absolute Gasteiger partial charge is 0.316 e. The number of halogens is 2. The van der Waals surface area contributed by atoms with Crippen LogP contribution < -0.4 is 5.32 Å². The molecule has 2 heterocycles. The van der Waals surface area contributed by atoms with Crippen LogP contribution in [0.5, 0.6) is 0 Å². The van der Waals surface area contributed by atoms with Crippen molar-refractivity contribution in [1.29, 1.82) is 5.26 Å². The summed E-state index contributed by atoms with van der Waals surface area (Å²) in [4.78, 5) is 12.6. The maximum atomic E-state index is 12.6. The van der Waals surface area contributed by atoms with Gasteiger partial charge in [-0.2, -0.15) is 5.26 Å². The number of nitriles is 1. The number of nitrogens with zero attached hydrogens (tertiary/aromatic N) is 4. The molecule has 0 bridgehead atoms. The molecule has 0 aliphatic heterocycles. The van der Waals surface area contributed by atoms with E-state index in [1.165, 1.54) is 17.4 Å². The zero-order chi connectivity index (χ0) is 21.0. The van der Waals surface area contributed by atoms with E-state index in [9.17, 15) is 10.1 Å². The van der Waals surface area contributed by atoms with Crippen LogP contribution in [0.3, 0.4) is 0 Å². The van der Waals surface area contributed by atoms with Gasteiger partial charge in [-0.25, -0.2) is 0 Å². The molecule has 0 aliphatic rings. The molecule has 3 rings (SSSR count). The van der Waals surface area contributed by atoms with E-state index < -0.39 is 5.91 Å². The molecule has 9 heteroatoms. The zero-order valence-corrected chi connectivity index (χ0v) is 18.0. The second kappa shape index (κ2) is 9.23. The molecular weight excluding hydrogens is 429 g/mol. The van der Waals surface area contributed by atoms with Crippen molar-refractivity contribution in [3.8, 4) is 11.8 Å². The van der Waals surface area contributed by atoms with E-state index in [1.807, 2.05) is 6.07 Å². The average molecular weight is 446 g/mol. The lowest BCUT2D eigenvalue weighted by atomic mass is 10.1. The smallest absolute Gasteiger partial charge is 0.268 e. The monoisotopic (exact) mass is 445 g/mol. The molecule has 0 aliphatic carbocycles. The number of nitrogens with one attached hydrogen (secondary N) is 1. The summed E-state index contributed by atoms with van der Waals surface area (Å²) in [6.07, 6.45) is 4.05. The van der Waals surface area contributed by atoms with Crippen molar-refractivity contribution in [2.75, 3.05) is 5.32 Å². The van der Waals surface area contributed by atoms with Crippen molar-refractivity contribution in [1.82, 2.24) is 14.8 Å². The topological polar surface area (TPSA) is 83.6 Å². The van der Waals surface area contributed by atoms with Gasteiger partial charge in [0.25, 0.3) is 5.91 Å². The van der Waals surface area contributed by atoms with Crippen LogP contribution in [-0.4, -0.2) is 20.7 Å². The normalized spacial score (nSPS) is 11.5. The first-order valence-corrected chi connectivity index (χ1v) is 10.3. The standard InChI is InChI=1S/C20H17Cl2N5OS/c1-12(2)8-18-25-26-20(29-18)24-19(28)13(11-23)9-15-4-3-7-27(15)17-10-14(21)5-6-16(17)22/h3-7,9-10,12H,8H2,1-2H3,(H,24,26,28)/b13-9-. The Morgan fingerprint density at radius 1 is 1.34 bits per heavy atom. The second-order valence-corrected chi connectivity index (χ2v) is 8.53. The minimum Gasteiger partial charge on any atom is -0.316 e. The Morgan fingerprint density at radius 3 is 2.86 bits per heavy atom. The van der Waals surface area contributed by atoms with Gasteiger partial charge in [-0.1, -0.05) is 48.4 Å². The molecule has 0 saturated carbocycles. The Morgan fingerprint density at radius 2 is 2.14 bits per heavy atom. The molecule has 1 N–H and O–H groups in total. The SMILES string of the molecule is CC(C)Cc1nnc(NC(=O)/C(C#N)=C\c2cccn2-c2cc(Cl)ccc2Cl)s1. The summed E-state index contributed by atoms with van der Waals surface area (Å²) < 4.78 is 1.75. The third-order valence-electron chi connectivity index (χ3n) is 3.88. The van der Waals surface area contributed by atoms with Gasteiger partial charge in [0.05, 0.1) is 10.7 Å². The number of hydrogen-bond donors (Lipinski definition) is 1. The van der Waals surface area contributed by atoms with Gasteiger partial charge in [-0.3, -0.25) is 10.1 Å². The summed E-state index contributed by atoms with van der Waals surface area (Å²) >= 11 is 13.7. The van der Waals surface area contributed by atoms with E-state index in [2.05, 4.69) is 29.4 Å². The molecule has 148 valence electrons. The average Bonchev–Trinajstić information content (AvgIpc) is 3.30. The molecule has 1 amide bonds. The van der Waals surface area contributed by atoms with Gasteiger partial charge in [-0.05, 0) is 42.3 Å². The minimum absolute atomic E-state index is 0.0660. The van der Waals surface area contributed by atoms with Crippen molar-refractivity contribution >= 4 is 51.7 Å². The summed E-state index contributed by atoms with van der Waals surface area (Å²) in [6.45, 7) is 4.16. The van der Waals surface area contributed by atoms with Gasteiger partial charge < -0.3 is 4.57 Å². The predicted octanol–water partition coefficient (Wildman–Crippen LogP) is 5.38. The number of benzene rings is 1. The first-order chi connectivity index (χ1) is 13.9. The van der Waals surface area contributed by atoms with Gasteiger partial charge in [0.15, 0.2) is 0 Å². The summed E-state index contributed by atoms with van der Waals surface area (Å²) in [7, 11) is 0. The van der Waals surface area contributed by atoms with E-state index in [0.29, 0.717) is 32.5 Å². The van der Waals surface area contributed by atoms with Crippen molar-refractivity contribution in [3.63, 3.8) is 0 Å². The van der Waals surface area contributed by atoms with Crippen molar-refractivity contribution in [2.24, 2.45) is 5.92 Å². The molecule has 0 spiro atoms. The molecule has 1 aromatic carbocycles. The van der Waals surface area contributed by atoms with Crippen LogP contribution in [-0.2, 0) is 11.2 Å². The third kappa shape index (κ3) is 5.24. The van der Waals surface area contributed by atoms with Crippen LogP contribution in [0, 0.1) is 17.2 Å². The van der Waals surface area contributed by atoms with Crippen LogP contribution in [0.25, 0.3) is 11.8 Å². The molecule has 0 atom stereocenters. The van der Waals surface area contributed by atoms with Crippen LogP contribution in [0.1, 0.15) is 24.5 Å². The quantitative estimate of drug-likeness (QED) is 0.407. The lowest BCUT2D eigenvalue weighted by Crippen LogP contribution is -2.13. The fraction of sp³-hybridized carbons (Fsp3) is 0.200. The first kappa shape index (κ1) is 21.1. The Bertz CT molecular complexity index is 1110. The molecule has 2 aromatic heterocycles. The number of anilines is 1. The molecule has 3 aromatic rings. The number of aromatic nitrogens is 3. The third-order valence-corrected chi connectivity index (χ3v) is 5.29. The molecule has 0 radical (unpaired) electrons. The van der Waals surface area contributed by atoms with E-state index in [1.54, 1.807) is 41.1 Å². The van der Waals surface area contributed by atoms with Crippen LogP contribution in [0.4, 0.5) is 5.13 Å². The van der Waals surface area contributed by atoms with Crippen LogP contribution in [0.2, 0.25) is 10.0 Å². The molecule has 6 nitrogen and oxygen atoms in total. The van der Waals surface area contributed by atoms with E-state index in [-0.39, 0.29) is 5.57 Å². The van der Waals surface area contributed by atoms with Crippen molar-refractivity contribution < 1.29 is 4.79 Å². The second-order valence-electron chi connectivity index (χ2n) is 6.62. The van der Waals surface area contributed by atoms with Gasteiger partial charge in [-0.15, -0.1) is 10.2 Å². The predicted molar refractivity (Wildman–Crippen MR) is 116 cm³/mol. The van der Waals surface area contributed by atoms with Gasteiger partial charge >= 0.3 is 0 Å². The van der Waals surface area contributed by atoms with Gasteiger partial charge in [0.1, 0.15) is 16.6 Å². The van der Waals surface area contributed by atoms with E-state index >= 15 is 0 Å². The lowest BCUT2D eigenvalue weighted by Gasteiger charge is -2.09. The molecule has 29 heavy (non-hydrogen) atoms. The van der Waals surface area contributed by atoms with E-state index in [0.717, 1.165) is 11.4 Å². The summed E-state index contributed by atoms with van der Waals surface area (Å²) in [5.41, 5.74) is 1.19. The van der Waals surface area contributed by atoms with Crippen molar-refractivity contribution in [3.05, 3.63) is 62.8 Å². The Hall–Kier alpha value is -2.66. The Balaban J connectivity index is 1.85. The number of rotatable bonds is 6. The summed E-state index contributed by atoms with van der Waals surface area (Å²) in [5.74, 6) is -0.114. The first-order valence-electron chi connectivity index (χ1n) is 8.75. The maximum absolute atomic E-state index is 12.6. The molecule has 0 unspecified atom stereocenters. The van der Waals surface area contributed by atoms with Crippen LogP contribution in [0.15, 0.2) is 42.1 Å². The van der Waals surface area contributed by atoms with Crippen molar-refractivity contribution in [2.45, 2.75) is 20.3 Å². The Labute approximate surface area is 182 Å². The van der Waals surface area contributed by atoms with Gasteiger partial charge in [0.2, 0.25) is 5.13 Å². The summed E-state index contributed by atoms with van der Waals surface area (Å²) in [6, 6.07) is 10.6. The van der Waals surface area contributed by atoms with Gasteiger partial charge in [0, 0.05) is 23.3 Å². The highest BCUT2D eigenvalue weighted by atomic mass is 35.5. The fourth-order valence-corrected chi connectivity index (χ4v) is 3.92. The fourth-order valence-electron chi connectivity index (χ4n) is 2.60. The highest BCUT2D eigenvalue weighted by Gasteiger charge is 2.15.